The molecule has 7 heteroatoms. The lowest BCUT2D eigenvalue weighted by Crippen LogP contribution is -2.47. The van der Waals surface area contributed by atoms with Crippen LogP contribution in [0.25, 0.3) is 0 Å². The third kappa shape index (κ3) is 4.33. The lowest BCUT2D eigenvalue weighted by Gasteiger charge is -2.37. The Morgan fingerprint density at radius 3 is 2.38 bits per heavy atom. The Morgan fingerprint density at radius 1 is 1.27 bits per heavy atom. The number of hydrogen-bond donors (Lipinski definition) is 1. The van der Waals surface area contributed by atoms with Gasteiger partial charge in [-0.2, -0.15) is 0 Å². The molecule has 0 bridgehead atoms. The number of nitrogens with one attached hydrogen (secondary N) is 1. The molecule has 26 heavy (non-hydrogen) atoms. The second kappa shape index (κ2) is 9.07. The van der Waals surface area contributed by atoms with E-state index in [9.17, 15) is 4.79 Å². The van der Waals surface area contributed by atoms with Gasteiger partial charge in [0.1, 0.15) is 0 Å². The van der Waals surface area contributed by atoms with Crippen LogP contribution in [0.1, 0.15) is 52.1 Å². The average molecular weight is 415 g/mol. The third-order valence-electron chi connectivity index (χ3n) is 4.23. The summed E-state index contributed by atoms with van der Waals surface area (Å²) in [6.07, 6.45) is 1.78. The maximum Gasteiger partial charge on any atom is 0.173 e. The van der Waals surface area contributed by atoms with Crippen LogP contribution >= 0.6 is 35.4 Å². The summed E-state index contributed by atoms with van der Waals surface area (Å²) in [5, 5.41) is 4.71. The highest BCUT2D eigenvalue weighted by atomic mass is 35.5. The number of ketones is 1. The molecular weight excluding hydrogens is 391 g/mol. The first-order valence-electron chi connectivity index (χ1n) is 8.73. The summed E-state index contributed by atoms with van der Waals surface area (Å²) >= 11 is 18.3. The number of carbonyl (C=O) groups is 1. The molecule has 1 aromatic rings. The van der Waals surface area contributed by atoms with Crippen LogP contribution in [0.5, 0.6) is 5.75 Å². The number of carbonyl (C=O) groups excluding carboxylic acids is 1. The Bertz CT molecular complexity index is 726. The number of hydrogen-bond acceptors (Lipinski definition) is 3. The summed E-state index contributed by atoms with van der Waals surface area (Å²) < 4.78 is 5.63. The quantitative estimate of drug-likeness (QED) is 0.614. The van der Waals surface area contributed by atoms with Crippen molar-refractivity contribution < 1.29 is 9.53 Å². The van der Waals surface area contributed by atoms with Gasteiger partial charge in [0.2, 0.25) is 0 Å². The molecule has 0 aliphatic carbocycles. The highest BCUT2D eigenvalue weighted by molar-refractivity contribution is 7.80. The van der Waals surface area contributed by atoms with Crippen molar-refractivity contribution in [2.45, 2.75) is 46.6 Å². The van der Waals surface area contributed by atoms with E-state index in [4.69, 9.17) is 40.2 Å². The molecule has 142 valence electrons. The lowest BCUT2D eigenvalue weighted by molar-refractivity contribution is -0.114. The van der Waals surface area contributed by atoms with Crippen molar-refractivity contribution in [2.24, 2.45) is 0 Å². The predicted molar refractivity (Wildman–Crippen MR) is 111 cm³/mol. The molecule has 0 saturated heterocycles. The van der Waals surface area contributed by atoms with Crippen LogP contribution in [-0.4, -0.2) is 28.9 Å². The monoisotopic (exact) mass is 414 g/mol. The summed E-state index contributed by atoms with van der Waals surface area (Å²) in [7, 11) is 0. The van der Waals surface area contributed by atoms with Crippen LogP contribution in [0.4, 0.5) is 0 Å². The van der Waals surface area contributed by atoms with E-state index < -0.39 is 0 Å². The van der Waals surface area contributed by atoms with E-state index >= 15 is 0 Å². The van der Waals surface area contributed by atoms with Gasteiger partial charge in [0.15, 0.2) is 16.6 Å². The summed E-state index contributed by atoms with van der Waals surface area (Å²) in [5.74, 6) is 0.456. The molecule has 1 heterocycles. The van der Waals surface area contributed by atoms with E-state index in [1.807, 2.05) is 18.7 Å². The first kappa shape index (κ1) is 21.0. The topological polar surface area (TPSA) is 41.6 Å². The number of halogens is 2. The van der Waals surface area contributed by atoms with Gasteiger partial charge in [-0.25, -0.2) is 0 Å². The van der Waals surface area contributed by atoms with Gasteiger partial charge in [-0.05, 0) is 56.6 Å². The van der Waals surface area contributed by atoms with Crippen LogP contribution in [0, 0.1) is 0 Å². The number of thiocarbonyl (C=S) groups is 1. The third-order valence-corrected chi connectivity index (χ3v) is 5.13. The minimum atomic E-state index is -0.386. The Morgan fingerprint density at radius 2 is 1.88 bits per heavy atom. The average Bonchev–Trinajstić information content (AvgIpc) is 2.56. The van der Waals surface area contributed by atoms with Gasteiger partial charge in [0, 0.05) is 17.8 Å². The molecule has 1 atom stereocenters. The predicted octanol–water partition coefficient (Wildman–Crippen LogP) is 5.29. The Labute approximate surface area is 170 Å². The van der Waals surface area contributed by atoms with Gasteiger partial charge >= 0.3 is 0 Å². The lowest BCUT2D eigenvalue weighted by atomic mass is 9.92. The first-order valence-corrected chi connectivity index (χ1v) is 9.89. The van der Waals surface area contributed by atoms with E-state index in [1.165, 1.54) is 0 Å². The van der Waals surface area contributed by atoms with Crippen LogP contribution in [0.2, 0.25) is 10.0 Å². The molecule has 1 aliphatic heterocycles. The second-order valence-electron chi connectivity index (χ2n) is 6.25. The van der Waals surface area contributed by atoms with Crippen molar-refractivity contribution in [2.75, 3.05) is 13.2 Å². The standard InChI is InChI=1S/C19H24Cl2N2O2S/c1-5-7-23-11(3)16(12(4)24)17(22-19(23)26)13-9-14(20)18(15(21)10-13)25-8-6-2/h9-10,17H,5-8H2,1-4H3,(H,22,26). The maximum absolute atomic E-state index is 12.4. The fraction of sp³-hybridized carbons (Fsp3) is 0.474. The number of nitrogens with zero attached hydrogens (tertiary/aromatic N) is 1. The van der Waals surface area contributed by atoms with E-state index in [2.05, 4.69) is 12.2 Å². The summed E-state index contributed by atoms with van der Waals surface area (Å²) in [6, 6.07) is 3.18. The molecule has 0 radical (unpaired) electrons. The fourth-order valence-electron chi connectivity index (χ4n) is 3.07. The fourth-order valence-corrected chi connectivity index (χ4v) is 4.03. The van der Waals surface area contributed by atoms with Gasteiger partial charge in [-0.15, -0.1) is 0 Å². The number of ether oxygens (including phenoxy) is 1. The number of allylic oxidation sites excluding steroid dienone is 1. The number of benzene rings is 1. The Balaban J connectivity index is 2.49. The smallest absolute Gasteiger partial charge is 0.173 e. The van der Waals surface area contributed by atoms with Crippen molar-refractivity contribution in [3.05, 3.63) is 39.0 Å². The van der Waals surface area contributed by atoms with Crippen molar-refractivity contribution in [3.63, 3.8) is 0 Å². The maximum atomic E-state index is 12.4. The second-order valence-corrected chi connectivity index (χ2v) is 7.45. The first-order chi connectivity index (χ1) is 12.3. The number of rotatable bonds is 7. The summed E-state index contributed by atoms with van der Waals surface area (Å²) in [4.78, 5) is 14.3. The summed E-state index contributed by atoms with van der Waals surface area (Å²) in [6.45, 7) is 8.87. The van der Waals surface area contributed by atoms with Gasteiger partial charge in [0.05, 0.1) is 22.7 Å². The van der Waals surface area contributed by atoms with E-state index in [1.54, 1.807) is 19.1 Å². The molecule has 2 rings (SSSR count). The molecule has 0 saturated carbocycles. The molecule has 1 N–H and O–H groups in total. The van der Waals surface area contributed by atoms with Gasteiger partial charge in [-0.1, -0.05) is 37.0 Å². The largest absolute Gasteiger partial charge is 0.490 e. The minimum absolute atomic E-state index is 0.0119. The van der Waals surface area contributed by atoms with Crippen LogP contribution < -0.4 is 10.1 Å². The van der Waals surface area contributed by atoms with E-state index in [-0.39, 0.29) is 11.8 Å². The molecule has 1 unspecified atom stereocenters. The van der Waals surface area contributed by atoms with Crippen LogP contribution in [0.15, 0.2) is 23.4 Å². The van der Waals surface area contributed by atoms with E-state index in [0.29, 0.717) is 33.1 Å². The molecule has 0 amide bonds. The van der Waals surface area contributed by atoms with Gasteiger partial charge < -0.3 is 15.0 Å². The van der Waals surface area contributed by atoms with Crippen molar-refractivity contribution in [1.82, 2.24) is 10.2 Å². The molecule has 1 aliphatic rings. The molecule has 1 aromatic carbocycles. The zero-order valence-electron chi connectivity index (χ0n) is 15.5. The SMILES string of the molecule is CCCOc1c(Cl)cc(C2NC(=S)N(CCC)C(C)=C2C(C)=O)cc1Cl. The zero-order chi connectivity index (χ0) is 19.4. The highest BCUT2D eigenvalue weighted by Gasteiger charge is 2.32. The summed E-state index contributed by atoms with van der Waals surface area (Å²) in [5.41, 5.74) is 2.32. The zero-order valence-corrected chi connectivity index (χ0v) is 17.8. The molecule has 0 aromatic heterocycles. The Kier molecular flexibility index (Phi) is 7.33. The van der Waals surface area contributed by atoms with Gasteiger partial charge in [-0.3, -0.25) is 4.79 Å². The van der Waals surface area contributed by atoms with Crippen molar-refractivity contribution in [3.8, 4) is 5.75 Å². The molecule has 0 spiro atoms. The molecular formula is C19H24Cl2N2O2S. The van der Waals surface area contributed by atoms with Crippen molar-refractivity contribution >= 4 is 46.3 Å². The highest BCUT2D eigenvalue weighted by Crippen LogP contribution is 2.39. The normalized spacial score (nSPS) is 17.4. The van der Waals surface area contributed by atoms with Crippen LogP contribution in [0.3, 0.4) is 0 Å². The van der Waals surface area contributed by atoms with E-state index in [0.717, 1.165) is 30.6 Å². The van der Waals surface area contributed by atoms with Crippen molar-refractivity contribution in [1.29, 1.82) is 0 Å². The van der Waals surface area contributed by atoms with Gasteiger partial charge in [0.25, 0.3) is 0 Å². The molecule has 0 fully saturated rings. The molecule has 4 nitrogen and oxygen atoms in total. The Hall–Kier alpha value is -1.30. The number of Topliss-reactive ketones (excluding diaryl/α,β-unsaturated/α-hetero) is 1. The minimum Gasteiger partial charge on any atom is -0.490 e. The van der Waals surface area contributed by atoms with Crippen LogP contribution in [-0.2, 0) is 4.79 Å².